The van der Waals surface area contributed by atoms with Crippen molar-refractivity contribution in [1.29, 1.82) is 0 Å². The molecule has 0 spiro atoms. The van der Waals surface area contributed by atoms with Crippen molar-refractivity contribution < 1.29 is 4.74 Å². The molecule has 1 aliphatic heterocycles. The largest absolute Gasteiger partial charge is 0.377 e. The highest BCUT2D eigenvalue weighted by Crippen LogP contribution is 2.23. The Labute approximate surface area is 141 Å². The highest BCUT2D eigenvalue weighted by atomic mass is 35.5. The Balaban J connectivity index is 0.00000192. The van der Waals surface area contributed by atoms with E-state index in [4.69, 9.17) is 9.72 Å². The average molecular weight is 337 g/mol. The molecular formula is C16H21ClN4O2. The molecule has 124 valence electrons. The van der Waals surface area contributed by atoms with E-state index in [0.717, 1.165) is 17.7 Å². The Kier molecular flexibility index (Phi) is 5.38. The molecule has 0 aromatic carbocycles. The maximum Gasteiger partial charge on any atom is 0.255 e. The zero-order chi connectivity index (χ0) is 15.7. The Morgan fingerprint density at radius 2 is 2.17 bits per heavy atom. The predicted octanol–water partition coefficient (Wildman–Crippen LogP) is 1.80. The first kappa shape index (κ1) is 17.4. The quantitative estimate of drug-likeness (QED) is 0.837. The Bertz CT molecular complexity index is 747. The topological polar surface area (TPSA) is 60.2 Å². The monoisotopic (exact) mass is 336 g/mol. The van der Waals surface area contributed by atoms with Crippen LogP contribution in [0.3, 0.4) is 0 Å². The molecule has 1 atom stereocenters. The van der Waals surface area contributed by atoms with Crippen molar-refractivity contribution in [3.8, 4) is 11.3 Å². The molecule has 1 fully saturated rings. The molecule has 7 heteroatoms. The molecule has 0 unspecified atom stereocenters. The third-order valence-corrected chi connectivity index (χ3v) is 4.03. The van der Waals surface area contributed by atoms with Gasteiger partial charge in [0.05, 0.1) is 24.9 Å². The number of ether oxygens (including phenoxy) is 1. The molecule has 2 aromatic rings. The molecule has 0 bridgehead atoms. The van der Waals surface area contributed by atoms with Crippen LogP contribution in [0.25, 0.3) is 11.3 Å². The summed E-state index contributed by atoms with van der Waals surface area (Å²) in [5.41, 5.74) is 2.57. The van der Waals surface area contributed by atoms with Crippen molar-refractivity contribution in [2.24, 2.45) is 7.05 Å². The normalized spacial score (nSPS) is 17.7. The van der Waals surface area contributed by atoms with Crippen molar-refractivity contribution >= 4 is 18.4 Å². The molecule has 0 aliphatic carbocycles. The maximum atomic E-state index is 12.3. The minimum Gasteiger partial charge on any atom is -0.377 e. The van der Waals surface area contributed by atoms with Gasteiger partial charge in [0.1, 0.15) is 0 Å². The van der Waals surface area contributed by atoms with Crippen LogP contribution >= 0.6 is 12.4 Å². The second kappa shape index (κ2) is 7.10. The molecule has 2 aromatic heterocycles. The van der Waals surface area contributed by atoms with Crippen LogP contribution < -0.4 is 10.5 Å². The number of halogens is 1. The lowest BCUT2D eigenvalue weighted by atomic mass is 10.1. The van der Waals surface area contributed by atoms with Gasteiger partial charge >= 0.3 is 0 Å². The lowest BCUT2D eigenvalue weighted by molar-refractivity contribution is 0.0976. The van der Waals surface area contributed by atoms with Gasteiger partial charge < -0.3 is 9.64 Å². The van der Waals surface area contributed by atoms with E-state index in [2.05, 4.69) is 16.8 Å². The van der Waals surface area contributed by atoms with E-state index in [1.54, 1.807) is 30.1 Å². The van der Waals surface area contributed by atoms with Crippen molar-refractivity contribution in [3.63, 3.8) is 0 Å². The lowest BCUT2D eigenvalue weighted by Gasteiger charge is -2.35. The molecule has 0 radical (unpaired) electrons. The number of rotatable bonds is 2. The third kappa shape index (κ3) is 3.38. The highest BCUT2D eigenvalue weighted by molar-refractivity contribution is 5.85. The van der Waals surface area contributed by atoms with Crippen LogP contribution in [-0.4, -0.2) is 40.3 Å². The van der Waals surface area contributed by atoms with Gasteiger partial charge in [-0.1, -0.05) is 0 Å². The van der Waals surface area contributed by atoms with Crippen LogP contribution in [0.2, 0.25) is 0 Å². The molecule has 6 nitrogen and oxygen atoms in total. The molecule has 1 aliphatic rings. The number of morpholine rings is 1. The van der Waals surface area contributed by atoms with Crippen LogP contribution in [0.15, 0.2) is 29.3 Å². The van der Waals surface area contributed by atoms with Gasteiger partial charge in [0.2, 0.25) is 5.95 Å². The van der Waals surface area contributed by atoms with E-state index >= 15 is 0 Å². The van der Waals surface area contributed by atoms with Gasteiger partial charge in [0.25, 0.3) is 5.56 Å². The number of aryl methyl sites for hydroxylation is 1. The molecule has 3 rings (SSSR count). The number of hydrogen-bond acceptors (Lipinski definition) is 5. The van der Waals surface area contributed by atoms with E-state index in [9.17, 15) is 4.79 Å². The van der Waals surface area contributed by atoms with E-state index in [1.165, 1.54) is 0 Å². The summed E-state index contributed by atoms with van der Waals surface area (Å²) in [5.74, 6) is 0.689. The minimum absolute atomic E-state index is 0. The summed E-state index contributed by atoms with van der Waals surface area (Å²) in [6.07, 6.45) is 3.50. The maximum absolute atomic E-state index is 12.3. The van der Waals surface area contributed by atoms with Gasteiger partial charge in [-0.25, -0.2) is 4.98 Å². The van der Waals surface area contributed by atoms with E-state index in [1.807, 2.05) is 13.0 Å². The first-order valence-electron chi connectivity index (χ1n) is 7.41. The summed E-state index contributed by atoms with van der Waals surface area (Å²) in [6, 6.07) is 3.67. The van der Waals surface area contributed by atoms with Gasteiger partial charge in [0.15, 0.2) is 0 Å². The number of nitrogens with zero attached hydrogens (tertiary/aromatic N) is 4. The second-order valence-corrected chi connectivity index (χ2v) is 5.65. The first-order valence-corrected chi connectivity index (χ1v) is 7.41. The fraction of sp³-hybridized carbons (Fsp3) is 0.438. The zero-order valence-corrected chi connectivity index (χ0v) is 14.3. The molecule has 3 heterocycles. The average Bonchev–Trinajstić information content (AvgIpc) is 2.51. The van der Waals surface area contributed by atoms with Crippen LogP contribution in [-0.2, 0) is 11.8 Å². The fourth-order valence-corrected chi connectivity index (χ4v) is 2.71. The van der Waals surface area contributed by atoms with Gasteiger partial charge in [-0.2, -0.15) is 0 Å². The molecule has 1 saturated heterocycles. The van der Waals surface area contributed by atoms with Crippen LogP contribution in [0.4, 0.5) is 5.95 Å². The molecule has 23 heavy (non-hydrogen) atoms. The Hall–Kier alpha value is -1.92. The number of aromatic nitrogens is 3. The van der Waals surface area contributed by atoms with Gasteiger partial charge in [-0.15, -0.1) is 12.4 Å². The predicted molar refractivity (Wildman–Crippen MR) is 92.3 cm³/mol. The van der Waals surface area contributed by atoms with Gasteiger partial charge in [-0.05, 0) is 25.5 Å². The number of hydrogen-bond donors (Lipinski definition) is 0. The van der Waals surface area contributed by atoms with Crippen molar-refractivity contribution in [2.75, 3.05) is 24.7 Å². The summed E-state index contributed by atoms with van der Waals surface area (Å²) in [5, 5.41) is 0. The second-order valence-electron chi connectivity index (χ2n) is 5.65. The third-order valence-electron chi connectivity index (χ3n) is 4.03. The lowest BCUT2D eigenvalue weighted by Crippen LogP contribution is -2.46. The smallest absolute Gasteiger partial charge is 0.255 e. The fourth-order valence-electron chi connectivity index (χ4n) is 2.71. The van der Waals surface area contributed by atoms with Crippen molar-refractivity contribution in [2.45, 2.75) is 19.9 Å². The summed E-state index contributed by atoms with van der Waals surface area (Å²) >= 11 is 0. The summed E-state index contributed by atoms with van der Waals surface area (Å²) < 4.78 is 7.07. The SMILES string of the molecule is Cc1cnccc1-c1cc(=O)n(C)c(N2CCOC[C@H]2C)n1.Cl. The van der Waals surface area contributed by atoms with Crippen molar-refractivity contribution in [3.05, 3.63) is 40.4 Å². The van der Waals surface area contributed by atoms with E-state index in [0.29, 0.717) is 24.9 Å². The van der Waals surface area contributed by atoms with Gasteiger partial charge in [-0.3, -0.25) is 14.3 Å². The first-order chi connectivity index (χ1) is 10.6. The van der Waals surface area contributed by atoms with Crippen LogP contribution in [0, 0.1) is 6.92 Å². The van der Waals surface area contributed by atoms with E-state index in [-0.39, 0.29) is 24.0 Å². The standard InChI is InChI=1S/C16H20N4O2.ClH/c1-11-9-17-5-4-13(11)14-8-15(21)19(3)16(18-14)20-6-7-22-10-12(20)2;/h4-5,8-9,12H,6-7,10H2,1-3H3;1H/t12-;/m1./s1. The highest BCUT2D eigenvalue weighted by Gasteiger charge is 2.23. The van der Waals surface area contributed by atoms with Crippen LogP contribution in [0.5, 0.6) is 0 Å². The van der Waals surface area contributed by atoms with Gasteiger partial charge in [0, 0.05) is 37.6 Å². The molecule has 0 N–H and O–H groups in total. The zero-order valence-electron chi connectivity index (χ0n) is 13.5. The summed E-state index contributed by atoms with van der Waals surface area (Å²) in [7, 11) is 1.76. The van der Waals surface area contributed by atoms with E-state index < -0.39 is 0 Å². The minimum atomic E-state index is -0.0603. The number of anilines is 1. The molecule has 0 saturated carbocycles. The number of pyridine rings is 1. The Morgan fingerprint density at radius 1 is 1.39 bits per heavy atom. The molecule has 0 amide bonds. The Morgan fingerprint density at radius 3 is 2.87 bits per heavy atom. The summed E-state index contributed by atoms with van der Waals surface area (Å²) in [6.45, 7) is 6.08. The van der Waals surface area contributed by atoms with Crippen molar-refractivity contribution in [1.82, 2.24) is 14.5 Å². The summed E-state index contributed by atoms with van der Waals surface area (Å²) in [4.78, 5) is 23.3. The molecular weight excluding hydrogens is 316 g/mol. The van der Waals surface area contributed by atoms with Crippen LogP contribution in [0.1, 0.15) is 12.5 Å².